The molecule has 1 fully saturated rings. The molecule has 0 bridgehead atoms. The van der Waals surface area contributed by atoms with Crippen LogP contribution in [0.5, 0.6) is 0 Å². The van der Waals surface area contributed by atoms with Gasteiger partial charge < -0.3 is 9.72 Å². The number of aromatic nitrogens is 2. The van der Waals surface area contributed by atoms with Crippen LogP contribution in [0.4, 0.5) is 0 Å². The number of pyridine rings is 1. The summed E-state index contributed by atoms with van der Waals surface area (Å²) in [6.07, 6.45) is 9.61. The molecule has 0 spiro atoms. The summed E-state index contributed by atoms with van der Waals surface area (Å²) in [6, 6.07) is 4.58. The molecule has 4 heteroatoms. The molecule has 1 saturated carbocycles. The summed E-state index contributed by atoms with van der Waals surface area (Å²) in [5.74, 6) is 0.355. The van der Waals surface area contributed by atoms with Crippen LogP contribution in [0.15, 0.2) is 18.3 Å². The van der Waals surface area contributed by atoms with Crippen LogP contribution < -0.4 is 5.32 Å². The van der Waals surface area contributed by atoms with Gasteiger partial charge in [-0.1, -0.05) is 18.9 Å². The molecule has 116 valence electrons. The molecule has 0 aromatic carbocycles. The normalized spacial score (nSPS) is 22.0. The Morgan fingerprint density at radius 1 is 1.27 bits per heavy atom. The van der Waals surface area contributed by atoms with E-state index in [1.165, 1.54) is 29.8 Å². The second-order valence-electron chi connectivity index (χ2n) is 6.87. The van der Waals surface area contributed by atoms with Crippen molar-refractivity contribution in [2.75, 3.05) is 0 Å². The van der Waals surface area contributed by atoms with Gasteiger partial charge in [-0.15, -0.1) is 0 Å². The van der Waals surface area contributed by atoms with Gasteiger partial charge in [0.15, 0.2) is 0 Å². The molecule has 1 unspecified atom stereocenters. The van der Waals surface area contributed by atoms with E-state index >= 15 is 0 Å². The summed E-state index contributed by atoms with van der Waals surface area (Å²) in [5.41, 5.74) is 4.64. The Hall–Kier alpha value is -1.84. The zero-order valence-corrected chi connectivity index (χ0v) is 13.1. The molecule has 4 nitrogen and oxygen atoms in total. The van der Waals surface area contributed by atoms with Crippen LogP contribution >= 0.6 is 0 Å². The SMILES string of the molecule is Cc1ccc2nc3c(n2c1)CC(C(=O)NC1CCCC1)CC3. The Labute approximate surface area is 130 Å². The van der Waals surface area contributed by atoms with Crippen molar-refractivity contribution in [3.63, 3.8) is 0 Å². The molecule has 2 aliphatic rings. The first-order chi connectivity index (χ1) is 10.7. The fourth-order valence-corrected chi connectivity index (χ4v) is 3.92. The maximum atomic E-state index is 12.5. The van der Waals surface area contributed by atoms with Crippen molar-refractivity contribution in [2.45, 2.75) is 57.9 Å². The number of carbonyl (C=O) groups is 1. The third-order valence-corrected chi connectivity index (χ3v) is 5.19. The summed E-state index contributed by atoms with van der Waals surface area (Å²) in [4.78, 5) is 17.3. The van der Waals surface area contributed by atoms with Gasteiger partial charge in [0.1, 0.15) is 5.65 Å². The highest BCUT2D eigenvalue weighted by Crippen LogP contribution is 2.27. The minimum atomic E-state index is 0.105. The Morgan fingerprint density at radius 3 is 2.91 bits per heavy atom. The monoisotopic (exact) mass is 297 g/mol. The molecule has 1 atom stereocenters. The molecule has 1 N–H and O–H groups in total. The largest absolute Gasteiger partial charge is 0.353 e. The van der Waals surface area contributed by atoms with E-state index in [2.05, 4.69) is 35.0 Å². The topological polar surface area (TPSA) is 46.4 Å². The lowest BCUT2D eigenvalue weighted by atomic mass is 9.89. The van der Waals surface area contributed by atoms with Crippen molar-refractivity contribution in [1.29, 1.82) is 0 Å². The van der Waals surface area contributed by atoms with E-state index in [9.17, 15) is 4.79 Å². The van der Waals surface area contributed by atoms with Crippen LogP contribution in [0.3, 0.4) is 0 Å². The summed E-state index contributed by atoms with van der Waals surface area (Å²) in [6.45, 7) is 2.10. The summed E-state index contributed by atoms with van der Waals surface area (Å²) in [7, 11) is 0. The third-order valence-electron chi connectivity index (χ3n) is 5.19. The summed E-state index contributed by atoms with van der Waals surface area (Å²) < 4.78 is 2.18. The van der Waals surface area contributed by atoms with E-state index < -0.39 is 0 Å². The molecule has 0 saturated heterocycles. The molecule has 4 rings (SSSR count). The number of aryl methyl sites for hydroxylation is 2. The second kappa shape index (κ2) is 5.41. The molecule has 0 radical (unpaired) electrons. The molecule has 22 heavy (non-hydrogen) atoms. The zero-order valence-electron chi connectivity index (χ0n) is 13.1. The molecule has 0 aliphatic heterocycles. The van der Waals surface area contributed by atoms with E-state index in [1.54, 1.807) is 0 Å². The van der Waals surface area contributed by atoms with Gasteiger partial charge in [-0.25, -0.2) is 4.98 Å². The smallest absolute Gasteiger partial charge is 0.223 e. The number of hydrogen-bond donors (Lipinski definition) is 1. The Bertz CT molecular complexity index is 712. The second-order valence-corrected chi connectivity index (χ2v) is 6.87. The van der Waals surface area contributed by atoms with Crippen molar-refractivity contribution >= 4 is 11.6 Å². The van der Waals surface area contributed by atoms with E-state index in [-0.39, 0.29) is 11.8 Å². The Kier molecular flexibility index (Phi) is 3.40. The molecular formula is C18H23N3O. The van der Waals surface area contributed by atoms with Gasteiger partial charge in [-0.05, 0) is 44.2 Å². The van der Waals surface area contributed by atoms with E-state index in [0.717, 1.165) is 37.8 Å². The van der Waals surface area contributed by atoms with Crippen molar-refractivity contribution in [3.05, 3.63) is 35.3 Å². The molecule has 2 aromatic heterocycles. The number of hydrogen-bond acceptors (Lipinski definition) is 2. The lowest BCUT2D eigenvalue weighted by molar-refractivity contribution is -0.126. The van der Waals surface area contributed by atoms with Crippen LogP contribution in [-0.4, -0.2) is 21.3 Å². The Balaban J connectivity index is 1.56. The van der Waals surface area contributed by atoms with Crippen molar-refractivity contribution < 1.29 is 4.79 Å². The van der Waals surface area contributed by atoms with E-state index in [1.807, 2.05) is 0 Å². The van der Waals surface area contributed by atoms with Gasteiger partial charge in [0, 0.05) is 30.3 Å². The zero-order chi connectivity index (χ0) is 15.1. The minimum Gasteiger partial charge on any atom is -0.353 e. The molecule has 2 aromatic rings. The molecular weight excluding hydrogens is 274 g/mol. The maximum absolute atomic E-state index is 12.5. The van der Waals surface area contributed by atoms with Gasteiger partial charge in [0.25, 0.3) is 0 Å². The van der Waals surface area contributed by atoms with Crippen LogP contribution in [-0.2, 0) is 17.6 Å². The Morgan fingerprint density at radius 2 is 2.09 bits per heavy atom. The van der Waals surface area contributed by atoms with Crippen molar-refractivity contribution in [1.82, 2.24) is 14.7 Å². The van der Waals surface area contributed by atoms with Crippen LogP contribution in [0.1, 0.15) is 49.1 Å². The predicted octanol–water partition coefficient (Wildman–Crippen LogP) is 2.81. The third kappa shape index (κ3) is 2.40. The van der Waals surface area contributed by atoms with Gasteiger partial charge in [-0.2, -0.15) is 0 Å². The van der Waals surface area contributed by atoms with Gasteiger partial charge >= 0.3 is 0 Å². The first kappa shape index (κ1) is 13.8. The molecule has 1 amide bonds. The lowest BCUT2D eigenvalue weighted by Crippen LogP contribution is -2.39. The van der Waals surface area contributed by atoms with E-state index in [4.69, 9.17) is 4.98 Å². The van der Waals surface area contributed by atoms with Crippen LogP contribution in [0.25, 0.3) is 5.65 Å². The fourth-order valence-electron chi connectivity index (χ4n) is 3.92. The first-order valence-corrected chi connectivity index (χ1v) is 8.47. The standard InChI is InChI=1S/C18H23N3O/c1-12-6-9-17-20-15-8-7-13(10-16(15)21(17)11-12)18(22)19-14-4-2-3-5-14/h6,9,11,13-14H,2-5,7-8,10H2,1H3,(H,19,22). The summed E-state index contributed by atoms with van der Waals surface area (Å²) >= 11 is 0. The summed E-state index contributed by atoms with van der Waals surface area (Å²) in [5, 5.41) is 3.26. The van der Waals surface area contributed by atoms with Crippen molar-refractivity contribution in [3.8, 4) is 0 Å². The number of carbonyl (C=O) groups excluding carboxylic acids is 1. The average Bonchev–Trinajstić information content (AvgIpc) is 3.14. The van der Waals surface area contributed by atoms with Gasteiger partial charge in [0.05, 0.1) is 5.69 Å². The van der Waals surface area contributed by atoms with Gasteiger partial charge in [0.2, 0.25) is 5.91 Å². The fraction of sp³-hybridized carbons (Fsp3) is 0.556. The van der Waals surface area contributed by atoms with Crippen LogP contribution in [0.2, 0.25) is 0 Å². The molecule has 2 aliphatic carbocycles. The predicted molar refractivity (Wildman–Crippen MR) is 85.8 cm³/mol. The first-order valence-electron chi connectivity index (χ1n) is 8.47. The van der Waals surface area contributed by atoms with Crippen LogP contribution in [0, 0.1) is 12.8 Å². The van der Waals surface area contributed by atoms with Gasteiger partial charge in [-0.3, -0.25) is 4.79 Å². The minimum absolute atomic E-state index is 0.105. The highest BCUT2D eigenvalue weighted by molar-refractivity contribution is 5.79. The number of fused-ring (bicyclic) bond motifs is 3. The quantitative estimate of drug-likeness (QED) is 0.926. The average molecular weight is 297 g/mol. The maximum Gasteiger partial charge on any atom is 0.223 e. The lowest BCUT2D eigenvalue weighted by Gasteiger charge is -2.23. The number of amides is 1. The number of imidazole rings is 1. The highest BCUT2D eigenvalue weighted by Gasteiger charge is 2.29. The highest BCUT2D eigenvalue weighted by atomic mass is 16.1. The van der Waals surface area contributed by atoms with E-state index in [0.29, 0.717) is 6.04 Å². The number of nitrogens with one attached hydrogen (secondary N) is 1. The molecule has 2 heterocycles. The van der Waals surface area contributed by atoms with Crippen molar-refractivity contribution in [2.24, 2.45) is 5.92 Å². The number of rotatable bonds is 2. The number of nitrogens with zero attached hydrogens (tertiary/aromatic N) is 2.